The molecule has 1 unspecified atom stereocenters. The van der Waals surface area contributed by atoms with E-state index in [9.17, 15) is 4.79 Å². The Bertz CT molecular complexity index is 426. The number of anilines is 1. The third kappa shape index (κ3) is 3.33. The Morgan fingerprint density at radius 1 is 1.42 bits per heavy atom. The van der Waals surface area contributed by atoms with Crippen molar-refractivity contribution in [2.75, 3.05) is 18.4 Å². The minimum absolute atomic E-state index is 0.0322. The van der Waals surface area contributed by atoms with Gasteiger partial charge in [0.15, 0.2) is 0 Å². The van der Waals surface area contributed by atoms with E-state index < -0.39 is 0 Å². The number of rotatable bonds is 5. The Morgan fingerprint density at radius 2 is 2.05 bits per heavy atom. The first-order chi connectivity index (χ1) is 9.04. The Kier molecular flexibility index (Phi) is 4.22. The Labute approximate surface area is 115 Å². The molecule has 4 heteroatoms. The molecule has 0 aliphatic carbocycles. The minimum Gasteiger partial charge on any atom is -0.325 e. The lowest BCUT2D eigenvalue weighted by atomic mass is 9.85. The molecule has 1 saturated heterocycles. The molecule has 1 amide bonds. The maximum atomic E-state index is 12.1. The highest BCUT2D eigenvalue weighted by Crippen LogP contribution is 2.25. The summed E-state index contributed by atoms with van der Waals surface area (Å²) in [4.78, 5) is 14.3. The fourth-order valence-corrected chi connectivity index (χ4v) is 2.63. The van der Waals surface area contributed by atoms with Gasteiger partial charge in [-0.15, -0.1) is 0 Å². The van der Waals surface area contributed by atoms with Crippen molar-refractivity contribution in [3.63, 3.8) is 0 Å². The van der Waals surface area contributed by atoms with Gasteiger partial charge in [-0.3, -0.25) is 9.69 Å². The van der Waals surface area contributed by atoms with Crippen molar-refractivity contribution in [2.24, 2.45) is 5.73 Å². The van der Waals surface area contributed by atoms with Gasteiger partial charge in [0.2, 0.25) is 5.91 Å². The summed E-state index contributed by atoms with van der Waals surface area (Å²) >= 11 is 0. The first kappa shape index (κ1) is 14.0. The molecule has 1 aliphatic heterocycles. The van der Waals surface area contributed by atoms with Gasteiger partial charge in [0.25, 0.3) is 0 Å². The van der Waals surface area contributed by atoms with Crippen LogP contribution in [0.1, 0.15) is 26.7 Å². The molecule has 3 N–H and O–H groups in total. The molecule has 1 atom stereocenters. The molecule has 1 heterocycles. The summed E-state index contributed by atoms with van der Waals surface area (Å²) in [5, 5.41) is 2.93. The van der Waals surface area contributed by atoms with Crippen LogP contribution < -0.4 is 11.1 Å². The van der Waals surface area contributed by atoms with Gasteiger partial charge in [-0.25, -0.2) is 0 Å². The van der Waals surface area contributed by atoms with E-state index >= 15 is 0 Å². The molecule has 1 aromatic carbocycles. The maximum Gasteiger partial charge on any atom is 0.241 e. The van der Waals surface area contributed by atoms with Gasteiger partial charge in [-0.05, 0) is 25.5 Å². The fraction of sp³-hybridized carbons (Fsp3) is 0.533. The molecular weight excluding hydrogens is 238 g/mol. The lowest BCUT2D eigenvalue weighted by molar-refractivity contribution is -0.123. The monoisotopic (exact) mass is 261 g/mol. The number of nitrogens with one attached hydrogen (secondary N) is 1. The van der Waals surface area contributed by atoms with Gasteiger partial charge in [0.1, 0.15) is 0 Å². The van der Waals surface area contributed by atoms with Crippen molar-refractivity contribution in [1.82, 2.24) is 4.90 Å². The van der Waals surface area contributed by atoms with Crippen LogP contribution in [0, 0.1) is 0 Å². The molecule has 1 aliphatic rings. The lowest BCUT2D eigenvalue weighted by Crippen LogP contribution is -2.70. The van der Waals surface area contributed by atoms with E-state index in [2.05, 4.69) is 17.1 Å². The van der Waals surface area contributed by atoms with Crippen LogP contribution in [0.4, 0.5) is 5.69 Å². The number of amides is 1. The Balaban J connectivity index is 1.85. The predicted molar refractivity (Wildman–Crippen MR) is 77.9 cm³/mol. The van der Waals surface area contributed by atoms with Crippen molar-refractivity contribution in [2.45, 2.75) is 38.3 Å². The second-order valence-corrected chi connectivity index (χ2v) is 5.55. The average Bonchev–Trinajstić information content (AvgIpc) is 2.36. The highest BCUT2D eigenvalue weighted by atomic mass is 16.2. The SMILES string of the molecule is CCCC1(N)CN(C(C)C(=O)Nc2ccccc2)C1. The molecule has 4 nitrogen and oxygen atoms in total. The number of hydrogen-bond acceptors (Lipinski definition) is 3. The van der Waals surface area contributed by atoms with Crippen molar-refractivity contribution in [1.29, 1.82) is 0 Å². The molecule has 1 aromatic rings. The summed E-state index contributed by atoms with van der Waals surface area (Å²) in [5.41, 5.74) is 6.97. The topological polar surface area (TPSA) is 58.4 Å². The van der Waals surface area contributed by atoms with Crippen LogP contribution in [0.25, 0.3) is 0 Å². The van der Waals surface area contributed by atoms with Crippen LogP contribution in [0.3, 0.4) is 0 Å². The molecular formula is C15H23N3O. The number of carbonyl (C=O) groups is 1. The molecule has 0 bridgehead atoms. The number of benzene rings is 1. The molecule has 104 valence electrons. The zero-order valence-corrected chi connectivity index (χ0v) is 11.7. The van der Waals surface area contributed by atoms with Gasteiger partial charge in [0.05, 0.1) is 6.04 Å². The van der Waals surface area contributed by atoms with Crippen molar-refractivity contribution in [3.8, 4) is 0 Å². The summed E-state index contributed by atoms with van der Waals surface area (Å²) < 4.78 is 0. The average molecular weight is 261 g/mol. The number of nitrogens with zero attached hydrogens (tertiary/aromatic N) is 1. The molecule has 2 rings (SSSR count). The van der Waals surface area contributed by atoms with Crippen molar-refractivity contribution < 1.29 is 4.79 Å². The fourth-order valence-electron chi connectivity index (χ4n) is 2.63. The Hall–Kier alpha value is -1.39. The van der Waals surface area contributed by atoms with Crippen molar-refractivity contribution in [3.05, 3.63) is 30.3 Å². The highest BCUT2D eigenvalue weighted by Gasteiger charge is 2.42. The summed E-state index contributed by atoms with van der Waals surface area (Å²) in [7, 11) is 0. The highest BCUT2D eigenvalue weighted by molar-refractivity contribution is 5.94. The van der Waals surface area contributed by atoms with E-state index in [-0.39, 0.29) is 17.5 Å². The second-order valence-electron chi connectivity index (χ2n) is 5.55. The van der Waals surface area contributed by atoms with Crippen LogP contribution in [-0.4, -0.2) is 35.5 Å². The lowest BCUT2D eigenvalue weighted by Gasteiger charge is -2.50. The Morgan fingerprint density at radius 3 is 2.63 bits per heavy atom. The summed E-state index contributed by atoms with van der Waals surface area (Å²) in [5.74, 6) is 0.0322. The van der Waals surface area contributed by atoms with E-state index in [1.807, 2.05) is 37.3 Å². The molecule has 0 aromatic heterocycles. The third-order valence-corrected chi connectivity index (χ3v) is 3.75. The van der Waals surface area contributed by atoms with Crippen LogP contribution >= 0.6 is 0 Å². The minimum atomic E-state index is -0.131. The van der Waals surface area contributed by atoms with Gasteiger partial charge in [-0.1, -0.05) is 31.5 Å². The zero-order valence-electron chi connectivity index (χ0n) is 11.7. The quantitative estimate of drug-likeness (QED) is 0.850. The van der Waals surface area contributed by atoms with Gasteiger partial charge in [-0.2, -0.15) is 0 Å². The van der Waals surface area contributed by atoms with Crippen LogP contribution in [0.2, 0.25) is 0 Å². The summed E-state index contributed by atoms with van der Waals surface area (Å²) in [6.45, 7) is 5.70. The third-order valence-electron chi connectivity index (χ3n) is 3.75. The molecule has 1 fully saturated rings. The van der Waals surface area contributed by atoms with Crippen molar-refractivity contribution >= 4 is 11.6 Å². The predicted octanol–water partition coefficient (Wildman–Crippen LogP) is 1.83. The summed E-state index contributed by atoms with van der Waals surface area (Å²) in [6.07, 6.45) is 2.12. The standard InChI is InChI=1S/C15H23N3O/c1-3-9-15(16)10-18(11-15)12(2)14(19)17-13-7-5-4-6-8-13/h4-8,12H,3,9-11,16H2,1-2H3,(H,17,19). The largest absolute Gasteiger partial charge is 0.325 e. The number of nitrogens with two attached hydrogens (primary N) is 1. The van der Waals surface area contributed by atoms with E-state index in [1.54, 1.807) is 0 Å². The van der Waals surface area contributed by atoms with E-state index in [4.69, 9.17) is 5.73 Å². The van der Waals surface area contributed by atoms with Gasteiger partial charge >= 0.3 is 0 Å². The van der Waals surface area contributed by atoms with E-state index in [0.717, 1.165) is 31.6 Å². The van der Waals surface area contributed by atoms with E-state index in [1.165, 1.54) is 0 Å². The molecule has 0 radical (unpaired) electrons. The first-order valence-electron chi connectivity index (χ1n) is 6.93. The number of likely N-dealkylation sites (tertiary alicyclic amines) is 1. The normalized spacial score (nSPS) is 19.5. The van der Waals surface area contributed by atoms with Gasteiger partial charge < -0.3 is 11.1 Å². The maximum absolute atomic E-state index is 12.1. The summed E-state index contributed by atoms with van der Waals surface area (Å²) in [6, 6.07) is 9.42. The second kappa shape index (κ2) is 5.72. The van der Waals surface area contributed by atoms with Crippen LogP contribution in [0.15, 0.2) is 30.3 Å². The van der Waals surface area contributed by atoms with Crippen LogP contribution in [0.5, 0.6) is 0 Å². The molecule has 19 heavy (non-hydrogen) atoms. The molecule has 0 saturated carbocycles. The number of carbonyl (C=O) groups excluding carboxylic acids is 1. The van der Waals surface area contributed by atoms with E-state index in [0.29, 0.717) is 0 Å². The zero-order chi connectivity index (χ0) is 13.9. The number of para-hydroxylation sites is 1. The van der Waals surface area contributed by atoms with Gasteiger partial charge in [0, 0.05) is 24.3 Å². The number of hydrogen-bond donors (Lipinski definition) is 2. The molecule has 0 spiro atoms. The first-order valence-corrected chi connectivity index (χ1v) is 6.93. The van der Waals surface area contributed by atoms with Crippen LogP contribution in [-0.2, 0) is 4.79 Å². The smallest absolute Gasteiger partial charge is 0.241 e.